The second kappa shape index (κ2) is 10.1. The summed E-state index contributed by atoms with van der Waals surface area (Å²) in [6, 6.07) is 6.62. The summed E-state index contributed by atoms with van der Waals surface area (Å²) in [5.74, 6) is 2.65. The van der Waals surface area contributed by atoms with Gasteiger partial charge in [0, 0.05) is 17.9 Å². The first-order chi connectivity index (χ1) is 12.5. The Labute approximate surface area is 160 Å². The van der Waals surface area contributed by atoms with Crippen molar-refractivity contribution in [3.8, 4) is 11.5 Å². The van der Waals surface area contributed by atoms with Crippen LogP contribution in [0.25, 0.3) is 0 Å². The van der Waals surface area contributed by atoms with Crippen molar-refractivity contribution in [3.63, 3.8) is 0 Å². The molecule has 0 atom stereocenters. The van der Waals surface area contributed by atoms with Crippen LogP contribution in [0.1, 0.15) is 12.6 Å². The van der Waals surface area contributed by atoms with Gasteiger partial charge in [0.2, 0.25) is 5.91 Å². The van der Waals surface area contributed by atoms with E-state index in [2.05, 4.69) is 15.3 Å². The molecule has 0 radical (unpaired) electrons. The van der Waals surface area contributed by atoms with Gasteiger partial charge in [0.15, 0.2) is 5.16 Å². The molecular weight excluding hydrogens is 374 g/mol. The SMILES string of the molecule is CCSCc1cc(=O)[nH]c(SCC(=O)Nc2ccc(OC)cc2OC)n1. The van der Waals surface area contributed by atoms with Crippen LogP contribution in [-0.4, -0.2) is 41.6 Å². The average molecular weight is 396 g/mol. The van der Waals surface area contributed by atoms with E-state index in [9.17, 15) is 9.59 Å². The maximum Gasteiger partial charge on any atom is 0.251 e. The fourth-order valence-corrected chi connectivity index (χ4v) is 3.31. The second-order valence-corrected chi connectivity index (χ2v) is 7.32. The van der Waals surface area contributed by atoms with Crippen LogP contribution in [0.3, 0.4) is 0 Å². The minimum Gasteiger partial charge on any atom is -0.497 e. The predicted molar refractivity (Wildman–Crippen MR) is 106 cm³/mol. The summed E-state index contributed by atoms with van der Waals surface area (Å²) in [5, 5.41) is 3.21. The molecule has 0 aliphatic rings. The molecule has 26 heavy (non-hydrogen) atoms. The number of nitrogens with zero attached hydrogens (tertiary/aromatic N) is 1. The van der Waals surface area contributed by atoms with Crippen LogP contribution < -0.4 is 20.3 Å². The van der Waals surface area contributed by atoms with Crippen LogP contribution in [0.2, 0.25) is 0 Å². The molecular formula is C17H21N3O4S2. The molecule has 0 spiro atoms. The normalized spacial score (nSPS) is 10.4. The van der Waals surface area contributed by atoms with Gasteiger partial charge in [-0.2, -0.15) is 11.8 Å². The number of amides is 1. The number of thioether (sulfide) groups is 2. The van der Waals surface area contributed by atoms with E-state index in [0.717, 1.165) is 5.75 Å². The Bertz CT molecular complexity index is 811. The summed E-state index contributed by atoms with van der Waals surface area (Å²) in [5.41, 5.74) is 1.04. The molecule has 0 unspecified atom stereocenters. The molecule has 1 heterocycles. The lowest BCUT2D eigenvalue weighted by molar-refractivity contribution is -0.113. The Morgan fingerprint density at radius 2 is 2.08 bits per heavy atom. The molecule has 9 heteroatoms. The highest BCUT2D eigenvalue weighted by Crippen LogP contribution is 2.29. The first-order valence-electron chi connectivity index (χ1n) is 7.88. The summed E-state index contributed by atoms with van der Waals surface area (Å²) in [4.78, 5) is 30.9. The monoisotopic (exact) mass is 395 g/mol. The van der Waals surface area contributed by atoms with Crippen molar-refractivity contribution in [1.82, 2.24) is 9.97 Å². The minimum absolute atomic E-state index is 0.114. The topological polar surface area (TPSA) is 93.3 Å². The number of rotatable bonds is 9. The number of ether oxygens (including phenoxy) is 2. The van der Waals surface area contributed by atoms with E-state index in [1.54, 1.807) is 37.1 Å². The van der Waals surface area contributed by atoms with Crippen LogP contribution in [0.15, 0.2) is 34.2 Å². The molecule has 140 valence electrons. The molecule has 0 aliphatic heterocycles. The van der Waals surface area contributed by atoms with E-state index in [4.69, 9.17) is 9.47 Å². The number of H-pyrrole nitrogens is 1. The Morgan fingerprint density at radius 1 is 1.27 bits per heavy atom. The number of anilines is 1. The van der Waals surface area contributed by atoms with E-state index in [-0.39, 0.29) is 17.2 Å². The number of carbonyl (C=O) groups is 1. The smallest absolute Gasteiger partial charge is 0.251 e. The first-order valence-corrected chi connectivity index (χ1v) is 10.0. The van der Waals surface area contributed by atoms with Gasteiger partial charge in [0.25, 0.3) is 5.56 Å². The van der Waals surface area contributed by atoms with Crippen LogP contribution >= 0.6 is 23.5 Å². The number of carbonyl (C=O) groups excluding carboxylic acids is 1. The van der Waals surface area contributed by atoms with E-state index in [0.29, 0.717) is 33.8 Å². The lowest BCUT2D eigenvalue weighted by Crippen LogP contribution is -2.16. The van der Waals surface area contributed by atoms with Crippen LogP contribution in [0.4, 0.5) is 5.69 Å². The zero-order chi connectivity index (χ0) is 18.9. The average Bonchev–Trinajstić information content (AvgIpc) is 2.64. The minimum atomic E-state index is -0.227. The number of hydrogen-bond acceptors (Lipinski definition) is 7. The fourth-order valence-electron chi connectivity index (χ4n) is 2.05. The van der Waals surface area contributed by atoms with E-state index in [1.807, 2.05) is 6.92 Å². The molecule has 0 fully saturated rings. The van der Waals surface area contributed by atoms with Gasteiger partial charge >= 0.3 is 0 Å². The van der Waals surface area contributed by atoms with Gasteiger partial charge in [-0.25, -0.2) is 4.98 Å². The first kappa shape index (κ1) is 20.2. The maximum absolute atomic E-state index is 12.2. The molecule has 0 saturated carbocycles. The molecule has 0 bridgehead atoms. The van der Waals surface area contributed by atoms with Gasteiger partial charge < -0.3 is 19.8 Å². The Morgan fingerprint density at radius 3 is 2.77 bits per heavy atom. The summed E-state index contributed by atoms with van der Waals surface area (Å²) in [6.07, 6.45) is 0. The molecule has 2 aromatic rings. The van der Waals surface area contributed by atoms with Crippen molar-refractivity contribution < 1.29 is 14.3 Å². The largest absolute Gasteiger partial charge is 0.497 e. The van der Waals surface area contributed by atoms with Gasteiger partial charge in [-0.1, -0.05) is 18.7 Å². The molecule has 0 saturated heterocycles. The number of benzene rings is 1. The van der Waals surface area contributed by atoms with Gasteiger partial charge in [-0.05, 0) is 17.9 Å². The summed E-state index contributed by atoms with van der Waals surface area (Å²) < 4.78 is 10.4. The fraction of sp³-hybridized carbons (Fsp3) is 0.353. The van der Waals surface area contributed by atoms with Crippen molar-refractivity contribution in [2.75, 3.05) is 31.0 Å². The standard InChI is InChI=1S/C17H21N3O4S2/c1-4-25-9-11-7-15(21)20-17(18-11)26-10-16(22)19-13-6-5-12(23-2)8-14(13)24-3/h5-8H,4,9-10H2,1-3H3,(H,19,22)(H,18,20,21). The Balaban J connectivity index is 1.99. The molecule has 7 nitrogen and oxygen atoms in total. The van der Waals surface area contributed by atoms with Gasteiger partial charge in [0.1, 0.15) is 11.5 Å². The van der Waals surface area contributed by atoms with Gasteiger partial charge in [-0.15, -0.1) is 0 Å². The third-order valence-corrected chi connectivity index (χ3v) is 5.03. The number of methoxy groups -OCH3 is 2. The number of aromatic nitrogens is 2. The molecule has 2 rings (SSSR count). The number of nitrogens with one attached hydrogen (secondary N) is 2. The van der Waals surface area contributed by atoms with Gasteiger partial charge in [-0.3, -0.25) is 9.59 Å². The van der Waals surface area contributed by atoms with E-state index >= 15 is 0 Å². The van der Waals surface area contributed by atoms with Crippen molar-refractivity contribution in [2.24, 2.45) is 0 Å². The molecule has 1 aromatic heterocycles. The van der Waals surface area contributed by atoms with Crippen molar-refractivity contribution in [1.29, 1.82) is 0 Å². The molecule has 1 aromatic carbocycles. The molecule has 1 amide bonds. The highest BCUT2D eigenvalue weighted by molar-refractivity contribution is 7.99. The van der Waals surface area contributed by atoms with E-state index in [1.165, 1.54) is 24.9 Å². The molecule has 2 N–H and O–H groups in total. The summed E-state index contributed by atoms with van der Waals surface area (Å²) >= 11 is 2.86. The van der Waals surface area contributed by atoms with Crippen LogP contribution in [0.5, 0.6) is 11.5 Å². The quantitative estimate of drug-likeness (QED) is 0.498. The van der Waals surface area contributed by atoms with E-state index < -0.39 is 0 Å². The number of hydrogen-bond donors (Lipinski definition) is 2. The lowest BCUT2D eigenvalue weighted by atomic mass is 10.2. The third-order valence-electron chi connectivity index (χ3n) is 3.25. The zero-order valence-electron chi connectivity index (χ0n) is 14.8. The molecule has 0 aliphatic carbocycles. The summed E-state index contributed by atoms with van der Waals surface area (Å²) in [6.45, 7) is 2.05. The second-order valence-electron chi connectivity index (χ2n) is 5.08. The Hall–Kier alpha value is -2.13. The van der Waals surface area contributed by atoms with Crippen LogP contribution in [-0.2, 0) is 10.5 Å². The van der Waals surface area contributed by atoms with Crippen molar-refractivity contribution in [2.45, 2.75) is 17.8 Å². The highest BCUT2D eigenvalue weighted by atomic mass is 32.2. The van der Waals surface area contributed by atoms with Crippen molar-refractivity contribution in [3.05, 3.63) is 40.3 Å². The lowest BCUT2D eigenvalue weighted by Gasteiger charge is -2.11. The number of aromatic amines is 1. The van der Waals surface area contributed by atoms with Crippen LogP contribution in [0, 0.1) is 0 Å². The zero-order valence-corrected chi connectivity index (χ0v) is 16.5. The van der Waals surface area contributed by atoms with Crippen molar-refractivity contribution >= 4 is 35.1 Å². The predicted octanol–water partition coefficient (Wildman–Crippen LogP) is 2.77. The van der Waals surface area contributed by atoms with Gasteiger partial charge in [0.05, 0.1) is 31.4 Å². The Kier molecular flexibility index (Phi) is 7.86. The summed E-state index contributed by atoms with van der Waals surface area (Å²) in [7, 11) is 3.08. The third kappa shape index (κ3) is 5.99. The maximum atomic E-state index is 12.2. The highest BCUT2D eigenvalue weighted by Gasteiger charge is 2.11.